The third-order valence-electron chi connectivity index (χ3n) is 2.90. The van der Waals surface area contributed by atoms with Gasteiger partial charge in [-0.1, -0.05) is 6.07 Å². The van der Waals surface area contributed by atoms with E-state index in [0.29, 0.717) is 0 Å². The minimum atomic E-state index is -1.31. The highest BCUT2D eigenvalue weighted by atomic mass is 32.2. The number of carbonyl (C=O) groups is 1. The maximum Gasteiger partial charge on any atom is 0.307 e. The van der Waals surface area contributed by atoms with Gasteiger partial charge in [0.05, 0.1) is 34.8 Å². The summed E-state index contributed by atoms with van der Waals surface area (Å²) in [5.74, 6) is -0.366. The number of rotatable bonds is 5. The summed E-state index contributed by atoms with van der Waals surface area (Å²) in [6, 6.07) is 3.63. The van der Waals surface area contributed by atoms with Crippen molar-refractivity contribution in [2.24, 2.45) is 0 Å². The standard InChI is InChI=1S/C14H22N2O3S/c1-13(2,3)20(18)16-14(4,9-12(17)19-5)11-7-6-8-15-10-11/h6-8,10,16H,9H2,1-5H3/t14-,20+/m0/s1. The molecular weight excluding hydrogens is 276 g/mol. The third kappa shape index (κ3) is 4.38. The average molecular weight is 298 g/mol. The van der Waals surface area contributed by atoms with Gasteiger partial charge in [0.1, 0.15) is 0 Å². The molecule has 0 spiro atoms. The first-order valence-electron chi connectivity index (χ1n) is 6.36. The molecule has 1 aromatic rings. The van der Waals surface area contributed by atoms with Gasteiger partial charge in [-0.3, -0.25) is 9.78 Å². The fourth-order valence-electron chi connectivity index (χ4n) is 1.60. The van der Waals surface area contributed by atoms with Gasteiger partial charge in [0.15, 0.2) is 0 Å². The lowest BCUT2D eigenvalue weighted by Crippen LogP contribution is -2.47. The van der Waals surface area contributed by atoms with Gasteiger partial charge in [-0.25, -0.2) is 8.93 Å². The highest BCUT2D eigenvalue weighted by molar-refractivity contribution is 7.84. The van der Waals surface area contributed by atoms with Crippen molar-refractivity contribution in [1.82, 2.24) is 9.71 Å². The molecule has 6 heteroatoms. The van der Waals surface area contributed by atoms with E-state index in [1.54, 1.807) is 18.5 Å². The number of carbonyl (C=O) groups excluding carboxylic acids is 1. The van der Waals surface area contributed by atoms with Gasteiger partial charge in [0, 0.05) is 12.4 Å². The number of methoxy groups -OCH3 is 1. The lowest BCUT2D eigenvalue weighted by molar-refractivity contribution is -0.142. The van der Waals surface area contributed by atoms with Crippen molar-refractivity contribution < 1.29 is 13.7 Å². The predicted octanol–water partition coefficient (Wildman–Crippen LogP) is 1.91. The van der Waals surface area contributed by atoms with E-state index in [4.69, 9.17) is 4.74 Å². The zero-order valence-corrected chi connectivity index (χ0v) is 13.4. The molecule has 1 heterocycles. The maximum absolute atomic E-state index is 12.4. The molecule has 5 nitrogen and oxygen atoms in total. The molecule has 0 fully saturated rings. The van der Waals surface area contributed by atoms with E-state index in [1.807, 2.05) is 33.8 Å². The fraction of sp³-hybridized carbons (Fsp3) is 0.571. The summed E-state index contributed by atoms with van der Waals surface area (Å²) in [6.07, 6.45) is 3.40. The van der Waals surface area contributed by atoms with Crippen LogP contribution in [0.3, 0.4) is 0 Å². The predicted molar refractivity (Wildman–Crippen MR) is 79.3 cm³/mol. The Balaban J connectivity index is 3.08. The van der Waals surface area contributed by atoms with E-state index >= 15 is 0 Å². The Morgan fingerprint density at radius 3 is 2.50 bits per heavy atom. The van der Waals surface area contributed by atoms with Crippen LogP contribution in [-0.2, 0) is 26.1 Å². The van der Waals surface area contributed by atoms with Crippen molar-refractivity contribution in [2.45, 2.75) is 44.4 Å². The van der Waals surface area contributed by atoms with E-state index in [2.05, 4.69) is 9.71 Å². The first-order chi connectivity index (χ1) is 9.19. The summed E-state index contributed by atoms with van der Waals surface area (Å²) in [6.45, 7) is 7.44. The van der Waals surface area contributed by atoms with Crippen LogP contribution in [0, 0.1) is 0 Å². The van der Waals surface area contributed by atoms with Crippen LogP contribution in [0.5, 0.6) is 0 Å². The first kappa shape index (κ1) is 16.8. The molecule has 1 aromatic heterocycles. The van der Waals surface area contributed by atoms with E-state index in [9.17, 15) is 9.00 Å². The number of aromatic nitrogens is 1. The third-order valence-corrected chi connectivity index (χ3v) is 4.65. The molecule has 0 aliphatic carbocycles. The smallest absolute Gasteiger partial charge is 0.307 e. The summed E-state index contributed by atoms with van der Waals surface area (Å²) < 4.78 is 19.7. The van der Waals surface area contributed by atoms with Crippen molar-refractivity contribution in [1.29, 1.82) is 0 Å². The van der Waals surface area contributed by atoms with Crippen LogP contribution in [0.1, 0.15) is 39.7 Å². The zero-order valence-electron chi connectivity index (χ0n) is 12.6. The van der Waals surface area contributed by atoms with E-state index in [-0.39, 0.29) is 12.4 Å². The number of hydrogen-bond donors (Lipinski definition) is 1. The number of pyridine rings is 1. The van der Waals surface area contributed by atoms with Crippen LogP contribution in [0.2, 0.25) is 0 Å². The largest absolute Gasteiger partial charge is 0.469 e. The Bertz CT molecular complexity index is 485. The van der Waals surface area contributed by atoms with Crippen molar-refractivity contribution >= 4 is 17.0 Å². The number of nitrogens with zero attached hydrogens (tertiary/aromatic N) is 1. The molecule has 1 N–H and O–H groups in total. The van der Waals surface area contributed by atoms with Gasteiger partial charge in [-0.05, 0) is 39.3 Å². The monoisotopic (exact) mass is 298 g/mol. The van der Waals surface area contributed by atoms with Gasteiger partial charge in [0.2, 0.25) is 0 Å². The maximum atomic E-state index is 12.4. The number of ether oxygens (including phenoxy) is 1. The Morgan fingerprint density at radius 1 is 1.40 bits per heavy atom. The van der Waals surface area contributed by atoms with Gasteiger partial charge in [-0.15, -0.1) is 0 Å². The molecular formula is C14H22N2O3S. The van der Waals surface area contributed by atoms with E-state index in [0.717, 1.165) is 5.56 Å². The Hall–Kier alpha value is -1.27. The summed E-state index contributed by atoms with van der Waals surface area (Å²) in [7, 11) is 0.0288. The summed E-state index contributed by atoms with van der Waals surface area (Å²) in [5, 5.41) is 0. The Morgan fingerprint density at radius 2 is 2.05 bits per heavy atom. The zero-order chi connectivity index (χ0) is 15.4. The minimum absolute atomic E-state index is 0.0804. The van der Waals surface area contributed by atoms with Crippen LogP contribution in [0.15, 0.2) is 24.5 Å². The molecule has 0 radical (unpaired) electrons. The normalized spacial score (nSPS) is 16.2. The van der Waals surface area contributed by atoms with Crippen molar-refractivity contribution in [2.75, 3.05) is 7.11 Å². The molecule has 0 bridgehead atoms. The molecule has 0 aromatic carbocycles. The van der Waals surface area contributed by atoms with Gasteiger partial charge < -0.3 is 4.74 Å². The molecule has 1 rings (SSSR count). The molecule has 112 valence electrons. The van der Waals surface area contributed by atoms with Gasteiger partial charge in [0.25, 0.3) is 0 Å². The molecule has 0 saturated carbocycles. The van der Waals surface area contributed by atoms with Crippen molar-refractivity contribution in [3.63, 3.8) is 0 Å². The molecule has 0 unspecified atom stereocenters. The fourth-order valence-corrected chi connectivity index (χ4v) is 2.51. The lowest BCUT2D eigenvalue weighted by atomic mass is 9.91. The van der Waals surface area contributed by atoms with Gasteiger partial charge >= 0.3 is 5.97 Å². The van der Waals surface area contributed by atoms with Crippen LogP contribution in [-0.4, -0.2) is 27.0 Å². The van der Waals surface area contributed by atoms with E-state index in [1.165, 1.54) is 7.11 Å². The highest BCUT2D eigenvalue weighted by Crippen LogP contribution is 2.27. The van der Waals surface area contributed by atoms with E-state index < -0.39 is 21.3 Å². The molecule has 0 aliphatic heterocycles. The van der Waals surface area contributed by atoms with Gasteiger partial charge in [-0.2, -0.15) is 0 Å². The van der Waals surface area contributed by atoms with Crippen LogP contribution in [0.25, 0.3) is 0 Å². The van der Waals surface area contributed by atoms with Crippen LogP contribution < -0.4 is 4.72 Å². The average Bonchev–Trinajstić information content (AvgIpc) is 2.38. The molecule has 20 heavy (non-hydrogen) atoms. The number of nitrogens with one attached hydrogen (secondary N) is 1. The molecule has 0 amide bonds. The topological polar surface area (TPSA) is 68.3 Å². The van der Waals surface area contributed by atoms with Crippen molar-refractivity contribution in [3.8, 4) is 0 Å². The van der Waals surface area contributed by atoms with Crippen molar-refractivity contribution in [3.05, 3.63) is 30.1 Å². The molecule has 2 atom stereocenters. The second-order valence-electron chi connectivity index (χ2n) is 5.81. The lowest BCUT2D eigenvalue weighted by Gasteiger charge is -2.32. The summed E-state index contributed by atoms with van der Waals surface area (Å²) in [4.78, 5) is 15.7. The molecule has 0 aliphatic rings. The SMILES string of the molecule is COC(=O)C[C@](C)(N[S@](=O)C(C)(C)C)c1cccnc1. The van der Waals surface area contributed by atoms with Crippen LogP contribution in [0.4, 0.5) is 0 Å². The van der Waals surface area contributed by atoms with Crippen LogP contribution >= 0.6 is 0 Å². The second kappa shape index (κ2) is 6.45. The summed E-state index contributed by atoms with van der Waals surface area (Å²) >= 11 is 0. The molecule has 0 saturated heterocycles. The first-order valence-corrected chi connectivity index (χ1v) is 7.51. The number of esters is 1. The quantitative estimate of drug-likeness (QED) is 0.843. The Kier molecular flexibility index (Phi) is 5.42. The minimum Gasteiger partial charge on any atom is -0.469 e. The summed E-state index contributed by atoms with van der Waals surface area (Å²) in [5.41, 5.74) is 0.00228. The highest BCUT2D eigenvalue weighted by Gasteiger charge is 2.35. The number of hydrogen-bond acceptors (Lipinski definition) is 4. The Labute approximate surface area is 122 Å². The second-order valence-corrected chi connectivity index (χ2v) is 7.78.